The minimum Gasteiger partial charge on any atom is -0.313 e. The molecule has 0 saturated heterocycles. The van der Waals surface area contributed by atoms with Gasteiger partial charge < -0.3 is 4.57 Å². The van der Waals surface area contributed by atoms with Crippen molar-refractivity contribution in [2.75, 3.05) is 0 Å². The Kier molecular flexibility index (Phi) is 5.48. The topological polar surface area (TPSA) is 17.3 Å². The Hall–Kier alpha value is -1.91. The quantitative estimate of drug-likeness (QED) is 0.471. The first-order valence-electron chi connectivity index (χ1n) is 7.90. The van der Waals surface area contributed by atoms with Crippen molar-refractivity contribution in [2.24, 2.45) is 4.99 Å². The minimum atomic E-state index is 0.737. The molecule has 3 rings (SSSR count). The van der Waals surface area contributed by atoms with E-state index in [4.69, 9.17) is 4.99 Å². The molecule has 3 aromatic rings. The maximum absolute atomic E-state index is 4.82. The molecule has 0 aliphatic carbocycles. The van der Waals surface area contributed by atoms with Crippen molar-refractivity contribution in [3.8, 4) is 11.3 Å². The molecular formula is C20H19BrN2S. The highest BCUT2D eigenvalue weighted by molar-refractivity contribution is 9.10. The third-order valence-electron chi connectivity index (χ3n) is 3.82. The van der Waals surface area contributed by atoms with E-state index >= 15 is 0 Å². The largest absolute Gasteiger partial charge is 0.313 e. The summed E-state index contributed by atoms with van der Waals surface area (Å²) < 4.78 is 3.28. The molecule has 2 aromatic carbocycles. The first-order valence-corrected chi connectivity index (χ1v) is 9.57. The van der Waals surface area contributed by atoms with Crippen molar-refractivity contribution in [1.82, 2.24) is 4.57 Å². The van der Waals surface area contributed by atoms with Crippen molar-refractivity contribution in [2.45, 2.75) is 19.9 Å². The molecule has 0 bridgehead atoms. The van der Waals surface area contributed by atoms with Gasteiger partial charge in [0.1, 0.15) is 0 Å². The van der Waals surface area contributed by atoms with Crippen molar-refractivity contribution in [3.63, 3.8) is 0 Å². The molecule has 0 radical (unpaired) electrons. The van der Waals surface area contributed by atoms with Crippen LogP contribution in [-0.2, 0) is 13.0 Å². The van der Waals surface area contributed by atoms with Crippen molar-refractivity contribution in [1.29, 1.82) is 0 Å². The van der Waals surface area contributed by atoms with Crippen LogP contribution in [0.2, 0.25) is 0 Å². The van der Waals surface area contributed by atoms with Gasteiger partial charge in [-0.1, -0.05) is 53.2 Å². The van der Waals surface area contributed by atoms with Gasteiger partial charge in [0.2, 0.25) is 0 Å². The summed E-state index contributed by atoms with van der Waals surface area (Å²) in [6.45, 7) is 6.79. The Labute approximate surface area is 155 Å². The van der Waals surface area contributed by atoms with Gasteiger partial charge in [-0.2, -0.15) is 0 Å². The molecule has 0 N–H and O–H groups in total. The molecule has 0 aliphatic heterocycles. The van der Waals surface area contributed by atoms with Crippen LogP contribution in [0.25, 0.3) is 11.3 Å². The van der Waals surface area contributed by atoms with E-state index in [0.29, 0.717) is 0 Å². The Balaban J connectivity index is 2.06. The van der Waals surface area contributed by atoms with Gasteiger partial charge in [-0.3, -0.25) is 0 Å². The number of allylic oxidation sites excluding steroid dienone is 1. The van der Waals surface area contributed by atoms with Gasteiger partial charge in [-0.05, 0) is 41.8 Å². The van der Waals surface area contributed by atoms with E-state index in [9.17, 15) is 0 Å². The molecule has 2 nitrogen and oxygen atoms in total. The molecule has 0 fully saturated rings. The predicted octanol–water partition coefficient (Wildman–Crippen LogP) is 5.96. The normalized spacial score (nSPS) is 11.7. The lowest BCUT2D eigenvalue weighted by molar-refractivity contribution is 0.800. The molecule has 1 aromatic heterocycles. The SMILES string of the molecule is C=CCn1c(-c2ccc(Br)cc2)csc1=Nc1ccc(CC)cc1. The van der Waals surface area contributed by atoms with Crippen LogP contribution in [0.3, 0.4) is 0 Å². The van der Waals surface area contributed by atoms with E-state index < -0.39 is 0 Å². The molecule has 1 heterocycles. The Morgan fingerprint density at radius 1 is 1.12 bits per heavy atom. The van der Waals surface area contributed by atoms with Gasteiger partial charge in [-0.25, -0.2) is 4.99 Å². The first kappa shape index (κ1) is 16.9. The second-order valence-electron chi connectivity index (χ2n) is 5.44. The molecule has 4 heteroatoms. The summed E-state index contributed by atoms with van der Waals surface area (Å²) >= 11 is 5.15. The molecule has 122 valence electrons. The monoisotopic (exact) mass is 398 g/mol. The zero-order valence-corrected chi connectivity index (χ0v) is 16.0. The number of hydrogen-bond acceptors (Lipinski definition) is 2. The summed E-state index contributed by atoms with van der Waals surface area (Å²) in [5.41, 5.74) is 4.65. The van der Waals surface area contributed by atoms with Crippen molar-refractivity contribution < 1.29 is 0 Å². The minimum absolute atomic E-state index is 0.737. The number of nitrogens with zero attached hydrogens (tertiary/aromatic N) is 2. The average molecular weight is 399 g/mol. The number of aryl methyl sites for hydroxylation is 1. The van der Waals surface area contributed by atoms with E-state index in [1.165, 1.54) is 11.1 Å². The number of aromatic nitrogens is 1. The average Bonchev–Trinajstić information content (AvgIpc) is 2.99. The fraction of sp³-hybridized carbons (Fsp3) is 0.150. The van der Waals surface area contributed by atoms with Gasteiger partial charge in [0, 0.05) is 16.4 Å². The second-order valence-corrected chi connectivity index (χ2v) is 7.19. The van der Waals surface area contributed by atoms with Crippen LogP contribution in [0, 0.1) is 0 Å². The predicted molar refractivity (Wildman–Crippen MR) is 107 cm³/mol. The molecule has 0 aliphatic rings. The van der Waals surface area contributed by atoms with E-state index in [0.717, 1.165) is 33.6 Å². The summed E-state index contributed by atoms with van der Waals surface area (Å²) in [5.74, 6) is 0. The van der Waals surface area contributed by atoms with Crippen molar-refractivity contribution >= 4 is 33.0 Å². The van der Waals surface area contributed by atoms with E-state index in [1.807, 2.05) is 6.08 Å². The van der Waals surface area contributed by atoms with Crippen LogP contribution < -0.4 is 4.80 Å². The van der Waals surface area contributed by atoms with Crippen LogP contribution in [0.5, 0.6) is 0 Å². The summed E-state index contributed by atoms with van der Waals surface area (Å²) in [6.07, 6.45) is 2.96. The number of hydrogen-bond donors (Lipinski definition) is 0. The Morgan fingerprint density at radius 3 is 2.46 bits per heavy atom. The van der Waals surface area contributed by atoms with Crippen LogP contribution in [0.1, 0.15) is 12.5 Å². The third kappa shape index (κ3) is 3.77. The highest BCUT2D eigenvalue weighted by atomic mass is 79.9. The number of halogens is 1. The van der Waals surface area contributed by atoms with E-state index in [2.05, 4.69) is 87.9 Å². The lowest BCUT2D eigenvalue weighted by Crippen LogP contribution is -2.14. The number of benzene rings is 2. The van der Waals surface area contributed by atoms with Gasteiger partial charge >= 0.3 is 0 Å². The maximum Gasteiger partial charge on any atom is 0.190 e. The fourth-order valence-electron chi connectivity index (χ4n) is 2.49. The van der Waals surface area contributed by atoms with Crippen LogP contribution in [0.15, 0.2) is 76.0 Å². The molecule has 0 spiro atoms. The molecular weight excluding hydrogens is 380 g/mol. The Bertz CT molecular complexity index is 887. The maximum atomic E-state index is 4.82. The fourth-order valence-corrected chi connectivity index (χ4v) is 3.70. The summed E-state index contributed by atoms with van der Waals surface area (Å²) in [7, 11) is 0. The summed E-state index contributed by atoms with van der Waals surface area (Å²) in [4.78, 5) is 5.81. The van der Waals surface area contributed by atoms with Gasteiger partial charge in [-0.15, -0.1) is 17.9 Å². The zero-order valence-electron chi connectivity index (χ0n) is 13.6. The van der Waals surface area contributed by atoms with Crippen LogP contribution >= 0.6 is 27.3 Å². The molecule has 0 unspecified atom stereocenters. The zero-order chi connectivity index (χ0) is 16.9. The number of thiazole rings is 1. The van der Waals surface area contributed by atoms with Gasteiger partial charge in [0.25, 0.3) is 0 Å². The highest BCUT2D eigenvalue weighted by Gasteiger charge is 2.07. The van der Waals surface area contributed by atoms with Crippen LogP contribution in [0.4, 0.5) is 5.69 Å². The molecule has 0 amide bonds. The molecule has 24 heavy (non-hydrogen) atoms. The molecule has 0 saturated carbocycles. The molecule has 0 atom stereocenters. The highest BCUT2D eigenvalue weighted by Crippen LogP contribution is 2.23. The first-order chi connectivity index (χ1) is 11.7. The van der Waals surface area contributed by atoms with Crippen molar-refractivity contribution in [3.05, 3.63) is 81.4 Å². The summed E-state index contributed by atoms with van der Waals surface area (Å²) in [6, 6.07) is 16.8. The standard InChI is InChI=1S/C20H19BrN2S/c1-3-13-23-19(16-7-9-17(21)10-8-16)14-24-20(23)22-18-11-5-15(4-2)6-12-18/h3,5-12,14H,1,4,13H2,2H3. The van der Waals surface area contributed by atoms with E-state index in [-0.39, 0.29) is 0 Å². The van der Waals surface area contributed by atoms with Crippen LogP contribution in [-0.4, -0.2) is 4.57 Å². The third-order valence-corrected chi connectivity index (χ3v) is 5.21. The smallest absolute Gasteiger partial charge is 0.190 e. The van der Waals surface area contributed by atoms with Gasteiger partial charge in [0.05, 0.1) is 11.4 Å². The lowest BCUT2D eigenvalue weighted by atomic mass is 10.1. The number of rotatable bonds is 5. The Morgan fingerprint density at radius 2 is 1.83 bits per heavy atom. The van der Waals surface area contributed by atoms with E-state index in [1.54, 1.807) is 11.3 Å². The van der Waals surface area contributed by atoms with Gasteiger partial charge in [0.15, 0.2) is 4.80 Å². The second kappa shape index (κ2) is 7.77. The summed E-state index contributed by atoms with van der Waals surface area (Å²) in [5, 5.41) is 2.16. The lowest BCUT2D eigenvalue weighted by Gasteiger charge is -2.07.